The average Bonchev–Trinajstić information content (AvgIpc) is 2.69. The molecule has 1 atom stereocenters. The Morgan fingerprint density at radius 3 is 2.57 bits per heavy atom. The van der Waals surface area contributed by atoms with E-state index >= 15 is 0 Å². The lowest BCUT2D eigenvalue weighted by molar-refractivity contribution is 0.202. The van der Waals surface area contributed by atoms with Gasteiger partial charge in [-0.2, -0.15) is 5.10 Å². The molecule has 0 aliphatic heterocycles. The average molecular weight is 400 g/mol. The number of anilines is 1. The molecular formula is C20H18ClN3O4. The first-order valence-corrected chi connectivity index (χ1v) is 8.93. The van der Waals surface area contributed by atoms with Gasteiger partial charge in [0, 0.05) is 29.5 Å². The van der Waals surface area contributed by atoms with Crippen molar-refractivity contribution in [1.29, 1.82) is 0 Å². The molecule has 2 N–H and O–H groups in total. The molecule has 0 saturated heterocycles. The third-order valence-corrected chi connectivity index (χ3v) is 4.48. The van der Waals surface area contributed by atoms with Gasteiger partial charge in [-0.1, -0.05) is 23.7 Å². The molecule has 1 unspecified atom stereocenters. The highest BCUT2D eigenvalue weighted by Crippen LogP contribution is 2.24. The Hall–Kier alpha value is -3.16. The number of benzene rings is 2. The van der Waals surface area contributed by atoms with E-state index in [1.165, 1.54) is 23.0 Å². The number of halogens is 1. The van der Waals surface area contributed by atoms with Gasteiger partial charge in [-0.05, 0) is 48.9 Å². The molecule has 3 rings (SSSR count). The van der Waals surface area contributed by atoms with Gasteiger partial charge in [0.25, 0.3) is 0 Å². The van der Waals surface area contributed by atoms with Crippen LogP contribution in [0.15, 0.2) is 65.6 Å². The van der Waals surface area contributed by atoms with E-state index in [1.54, 1.807) is 49.4 Å². The van der Waals surface area contributed by atoms with Gasteiger partial charge >= 0.3 is 6.09 Å². The van der Waals surface area contributed by atoms with Crippen LogP contribution in [-0.4, -0.2) is 32.6 Å². The maximum Gasteiger partial charge on any atom is 0.411 e. The molecule has 0 aliphatic rings. The van der Waals surface area contributed by atoms with Crippen LogP contribution in [0.4, 0.5) is 10.5 Å². The third-order valence-electron chi connectivity index (χ3n) is 4.23. The number of rotatable bonds is 5. The lowest BCUT2D eigenvalue weighted by atomic mass is 10.0. The van der Waals surface area contributed by atoms with Crippen molar-refractivity contribution in [2.24, 2.45) is 0 Å². The van der Waals surface area contributed by atoms with Gasteiger partial charge in [-0.25, -0.2) is 9.48 Å². The number of amides is 1. The van der Waals surface area contributed by atoms with Gasteiger partial charge in [-0.15, -0.1) is 0 Å². The number of carboxylic acid groups (broad SMARTS) is 1. The van der Waals surface area contributed by atoms with Crippen molar-refractivity contribution in [2.45, 2.75) is 13.0 Å². The van der Waals surface area contributed by atoms with Crippen molar-refractivity contribution in [3.8, 4) is 5.69 Å². The summed E-state index contributed by atoms with van der Waals surface area (Å²) in [4.78, 5) is 24.8. The first kappa shape index (κ1) is 19.6. The van der Waals surface area contributed by atoms with E-state index in [2.05, 4.69) is 5.10 Å². The fourth-order valence-electron chi connectivity index (χ4n) is 2.80. The normalized spacial score (nSPS) is 11.8. The number of hydrogen-bond acceptors (Lipinski definition) is 4. The predicted molar refractivity (Wildman–Crippen MR) is 106 cm³/mol. The second-order valence-corrected chi connectivity index (χ2v) is 6.45. The van der Waals surface area contributed by atoms with Crippen molar-refractivity contribution < 1.29 is 15.0 Å². The first-order valence-electron chi connectivity index (χ1n) is 8.55. The zero-order valence-electron chi connectivity index (χ0n) is 15.0. The van der Waals surface area contributed by atoms with Gasteiger partial charge in [0.2, 0.25) is 5.43 Å². The van der Waals surface area contributed by atoms with E-state index in [0.717, 1.165) is 4.90 Å². The lowest BCUT2D eigenvalue weighted by Crippen LogP contribution is -2.28. The highest BCUT2D eigenvalue weighted by atomic mass is 35.5. The standard InChI is InChI=1S/C20H18ClN3O4/c1-2-23(20(27)28)16-5-3-4-13(12-16)19(26)18-17(25)10-11-24(22-18)15-8-6-14(21)7-9-15/h3-12,19,26H,2H2,1H3,(H,27,28). The molecule has 1 amide bonds. The molecule has 0 fully saturated rings. The summed E-state index contributed by atoms with van der Waals surface area (Å²) in [6.07, 6.45) is -0.904. The Bertz CT molecular complexity index is 1050. The summed E-state index contributed by atoms with van der Waals surface area (Å²) >= 11 is 5.90. The van der Waals surface area contributed by atoms with Gasteiger partial charge in [0.1, 0.15) is 11.8 Å². The largest absolute Gasteiger partial charge is 0.465 e. The molecule has 1 aromatic heterocycles. The van der Waals surface area contributed by atoms with Crippen LogP contribution in [0.1, 0.15) is 24.3 Å². The van der Waals surface area contributed by atoms with Crippen LogP contribution in [0.3, 0.4) is 0 Å². The first-order chi connectivity index (χ1) is 13.4. The van der Waals surface area contributed by atoms with E-state index in [4.69, 9.17) is 11.6 Å². The molecule has 1 heterocycles. The molecule has 7 nitrogen and oxygen atoms in total. The maximum atomic E-state index is 12.3. The van der Waals surface area contributed by atoms with Crippen LogP contribution < -0.4 is 10.3 Å². The topological polar surface area (TPSA) is 95.7 Å². The summed E-state index contributed by atoms with van der Waals surface area (Å²) in [7, 11) is 0. The third kappa shape index (κ3) is 4.05. The van der Waals surface area contributed by atoms with Crippen molar-refractivity contribution in [3.05, 3.63) is 87.3 Å². The minimum Gasteiger partial charge on any atom is -0.465 e. The van der Waals surface area contributed by atoms with Gasteiger partial charge < -0.3 is 10.2 Å². The fraction of sp³-hybridized carbons (Fsp3) is 0.150. The number of nitrogens with zero attached hydrogens (tertiary/aromatic N) is 3. The summed E-state index contributed by atoms with van der Waals surface area (Å²) in [6.45, 7) is 1.96. The predicted octanol–water partition coefficient (Wildman–Crippen LogP) is 3.47. The highest BCUT2D eigenvalue weighted by molar-refractivity contribution is 6.30. The van der Waals surface area contributed by atoms with Crippen LogP contribution >= 0.6 is 11.6 Å². The Labute approximate surface area is 166 Å². The van der Waals surface area contributed by atoms with Crippen LogP contribution in [-0.2, 0) is 0 Å². The number of hydrogen-bond donors (Lipinski definition) is 2. The molecule has 0 spiro atoms. The Morgan fingerprint density at radius 1 is 1.21 bits per heavy atom. The second-order valence-electron chi connectivity index (χ2n) is 6.01. The molecule has 0 aliphatic carbocycles. The van der Waals surface area contributed by atoms with E-state index in [-0.39, 0.29) is 12.2 Å². The summed E-state index contributed by atoms with van der Waals surface area (Å²) < 4.78 is 1.47. The maximum absolute atomic E-state index is 12.3. The van der Waals surface area contributed by atoms with Crippen molar-refractivity contribution in [2.75, 3.05) is 11.4 Å². The van der Waals surface area contributed by atoms with Gasteiger partial charge in [0.15, 0.2) is 0 Å². The zero-order chi connectivity index (χ0) is 20.3. The van der Waals surface area contributed by atoms with Crippen LogP contribution in [0.25, 0.3) is 5.69 Å². The Balaban J connectivity index is 1.99. The monoisotopic (exact) mass is 399 g/mol. The zero-order valence-corrected chi connectivity index (χ0v) is 15.7. The smallest absolute Gasteiger partial charge is 0.411 e. The van der Waals surface area contributed by atoms with E-state index in [0.29, 0.717) is 22.0 Å². The number of carbonyl (C=O) groups is 1. The second kappa shape index (κ2) is 8.24. The fourth-order valence-corrected chi connectivity index (χ4v) is 2.92. The summed E-state index contributed by atoms with van der Waals surface area (Å²) in [5.41, 5.74) is 0.965. The van der Waals surface area contributed by atoms with Gasteiger partial charge in [0.05, 0.1) is 5.69 Å². The van der Waals surface area contributed by atoms with E-state index in [9.17, 15) is 19.8 Å². The van der Waals surface area contributed by atoms with E-state index < -0.39 is 17.6 Å². The van der Waals surface area contributed by atoms with Crippen LogP contribution in [0.5, 0.6) is 0 Å². The molecule has 28 heavy (non-hydrogen) atoms. The van der Waals surface area contributed by atoms with Crippen molar-refractivity contribution in [3.63, 3.8) is 0 Å². The quantitative estimate of drug-likeness (QED) is 0.684. The Morgan fingerprint density at radius 2 is 1.93 bits per heavy atom. The molecular weight excluding hydrogens is 382 g/mol. The summed E-state index contributed by atoms with van der Waals surface area (Å²) in [5, 5.41) is 24.9. The number of aromatic nitrogens is 2. The van der Waals surface area contributed by atoms with Crippen LogP contribution in [0.2, 0.25) is 5.02 Å². The Kier molecular flexibility index (Phi) is 5.77. The lowest BCUT2D eigenvalue weighted by Gasteiger charge is -2.19. The molecule has 144 valence electrons. The molecule has 0 radical (unpaired) electrons. The summed E-state index contributed by atoms with van der Waals surface area (Å²) in [6, 6.07) is 14.6. The van der Waals surface area contributed by atoms with Gasteiger partial charge in [-0.3, -0.25) is 9.69 Å². The SMILES string of the molecule is CCN(C(=O)O)c1cccc(C(O)c2nn(-c3ccc(Cl)cc3)ccc2=O)c1. The molecule has 2 aromatic carbocycles. The van der Waals surface area contributed by atoms with Crippen LogP contribution in [0, 0.1) is 0 Å². The minimum absolute atomic E-state index is 0.0621. The van der Waals surface area contributed by atoms with Crippen molar-refractivity contribution >= 4 is 23.4 Å². The van der Waals surface area contributed by atoms with Crippen molar-refractivity contribution in [1.82, 2.24) is 9.78 Å². The highest BCUT2D eigenvalue weighted by Gasteiger charge is 2.19. The number of aliphatic hydroxyl groups excluding tert-OH is 1. The minimum atomic E-state index is -1.31. The molecule has 0 bridgehead atoms. The molecule has 3 aromatic rings. The summed E-state index contributed by atoms with van der Waals surface area (Å²) in [5.74, 6) is 0. The molecule has 0 saturated carbocycles. The molecule has 8 heteroatoms. The number of aliphatic hydroxyl groups is 1. The van der Waals surface area contributed by atoms with E-state index in [1.807, 2.05) is 0 Å².